The summed E-state index contributed by atoms with van der Waals surface area (Å²) in [5.74, 6) is 1.14. The molecule has 0 aliphatic carbocycles. The molecule has 142 valence electrons. The Morgan fingerprint density at radius 3 is 2.08 bits per heavy atom. The molecule has 1 heterocycles. The number of hydrogen-bond donors (Lipinski definition) is 0. The third-order valence-corrected chi connectivity index (χ3v) is 5.50. The average Bonchev–Trinajstić information content (AvgIpc) is 3.20. The topological polar surface area (TPSA) is 24.7 Å². The van der Waals surface area contributed by atoms with Gasteiger partial charge in [-0.2, -0.15) is 0 Å². The summed E-state index contributed by atoms with van der Waals surface area (Å²) in [6.07, 6.45) is 19.2. The van der Waals surface area contributed by atoms with E-state index in [1.807, 2.05) is 12.4 Å². The van der Waals surface area contributed by atoms with Gasteiger partial charge in [0.05, 0.1) is 5.92 Å². The monoisotopic (exact) mass is 353 g/mol. The molecule has 0 amide bonds. The highest BCUT2D eigenvalue weighted by atomic mass is 15.0. The SMILES string of the molecule is CCCCCCCCCC(Cc1ccccc1)C(CCC)[C+]1N=CC=N1. The van der Waals surface area contributed by atoms with Gasteiger partial charge in [0.2, 0.25) is 6.17 Å². The highest BCUT2D eigenvalue weighted by Crippen LogP contribution is 2.36. The smallest absolute Gasteiger partial charge is 0.0965 e. The quantitative estimate of drug-likeness (QED) is 0.253. The fourth-order valence-electron chi connectivity index (χ4n) is 4.06. The highest BCUT2D eigenvalue weighted by molar-refractivity contribution is 6.18. The number of nitrogens with zero attached hydrogens (tertiary/aromatic N) is 2. The molecule has 0 spiro atoms. The molecule has 0 bridgehead atoms. The predicted molar refractivity (Wildman–Crippen MR) is 115 cm³/mol. The van der Waals surface area contributed by atoms with Gasteiger partial charge in [0, 0.05) is 0 Å². The maximum atomic E-state index is 4.56. The second-order valence-corrected chi connectivity index (χ2v) is 7.67. The van der Waals surface area contributed by atoms with Gasteiger partial charge in [-0.15, -0.1) is 0 Å². The number of aliphatic imine (C=N–C) groups is 2. The Hall–Kier alpha value is -1.57. The minimum atomic E-state index is 0.496. The zero-order chi connectivity index (χ0) is 18.5. The molecule has 0 aromatic heterocycles. The number of rotatable bonds is 14. The molecule has 1 aliphatic rings. The van der Waals surface area contributed by atoms with E-state index < -0.39 is 0 Å². The van der Waals surface area contributed by atoms with Crippen LogP contribution in [0.5, 0.6) is 0 Å². The molecule has 2 nitrogen and oxygen atoms in total. The first-order valence-corrected chi connectivity index (χ1v) is 10.8. The lowest BCUT2D eigenvalue weighted by Gasteiger charge is -2.25. The average molecular weight is 354 g/mol. The van der Waals surface area contributed by atoms with Crippen molar-refractivity contribution in [3.05, 3.63) is 42.1 Å². The Bertz CT molecular complexity index is 508. The molecule has 0 N–H and O–H groups in total. The molecule has 1 aromatic rings. The zero-order valence-electron chi connectivity index (χ0n) is 16.9. The second-order valence-electron chi connectivity index (χ2n) is 7.67. The molecule has 2 rings (SSSR count). The molecular formula is C24H37N2+. The Kier molecular flexibility index (Phi) is 10.2. The summed E-state index contributed by atoms with van der Waals surface area (Å²) in [7, 11) is 0. The molecule has 2 unspecified atom stereocenters. The molecule has 26 heavy (non-hydrogen) atoms. The van der Waals surface area contributed by atoms with E-state index in [1.54, 1.807) is 0 Å². The molecule has 1 aromatic carbocycles. The van der Waals surface area contributed by atoms with E-state index in [-0.39, 0.29) is 0 Å². The fourth-order valence-corrected chi connectivity index (χ4v) is 4.06. The van der Waals surface area contributed by atoms with Gasteiger partial charge in [-0.3, -0.25) is 0 Å². The number of benzene rings is 1. The van der Waals surface area contributed by atoms with Crippen LogP contribution in [0.1, 0.15) is 83.6 Å². The Morgan fingerprint density at radius 1 is 0.769 bits per heavy atom. The third kappa shape index (κ3) is 7.35. The van der Waals surface area contributed by atoms with Gasteiger partial charge in [0.1, 0.15) is 0 Å². The molecular weight excluding hydrogens is 316 g/mol. The van der Waals surface area contributed by atoms with E-state index in [9.17, 15) is 0 Å². The van der Waals surface area contributed by atoms with Crippen LogP contribution in [0, 0.1) is 18.0 Å². The van der Waals surface area contributed by atoms with Gasteiger partial charge in [-0.1, -0.05) is 106 Å². The van der Waals surface area contributed by atoms with Crippen molar-refractivity contribution in [2.75, 3.05) is 0 Å². The van der Waals surface area contributed by atoms with Gasteiger partial charge in [-0.05, 0) is 30.7 Å². The van der Waals surface area contributed by atoms with Crippen molar-refractivity contribution in [1.29, 1.82) is 0 Å². The van der Waals surface area contributed by atoms with Crippen molar-refractivity contribution in [2.24, 2.45) is 21.8 Å². The van der Waals surface area contributed by atoms with E-state index >= 15 is 0 Å². The first-order chi connectivity index (χ1) is 12.8. The largest absolute Gasteiger partial charge is 0.244 e. The summed E-state index contributed by atoms with van der Waals surface area (Å²) in [4.78, 5) is 9.13. The van der Waals surface area contributed by atoms with Crippen LogP contribution in [0.25, 0.3) is 0 Å². The standard InChI is InChI=1S/C24H37N2/c1-3-5-6-7-8-9-13-17-22(20-21-15-11-10-12-16-21)23(14-4-2)24-25-18-19-26-24/h10-12,15-16,18-19,22-23H,3-9,13-14,17,20H2,1-2H3/q+1. The Balaban J connectivity index is 1.91. The first kappa shape index (κ1) is 20.7. The summed E-state index contributed by atoms with van der Waals surface area (Å²) in [5.41, 5.74) is 1.45. The van der Waals surface area contributed by atoms with E-state index in [0.29, 0.717) is 11.8 Å². The van der Waals surface area contributed by atoms with Crippen molar-refractivity contribution >= 4 is 12.4 Å². The number of unbranched alkanes of at least 4 members (excludes halogenated alkanes) is 6. The van der Waals surface area contributed by atoms with Crippen molar-refractivity contribution in [1.82, 2.24) is 0 Å². The van der Waals surface area contributed by atoms with Crippen LogP contribution in [-0.4, -0.2) is 12.4 Å². The highest BCUT2D eigenvalue weighted by Gasteiger charge is 2.34. The van der Waals surface area contributed by atoms with Crippen LogP contribution in [0.15, 0.2) is 40.3 Å². The lowest BCUT2D eigenvalue weighted by Crippen LogP contribution is -2.22. The van der Waals surface area contributed by atoms with Crippen molar-refractivity contribution in [3.8, 4) is 0 Å². The van der Waals surface area contributed by atoms with Gasteiger partial charge in [0.15, 0.2) is 12.4 Å². The Morgan fingerprint density at radius 2 is 1.42 bits per heavy atom. The van der Waals surface area contributed by atoms with Crippen LogP contribution in [0.3, 0.4) is 0 Å². The Labute approximate surface area is 161 Å². The minimum Gasteiger partial charge on any atom is -0.0965 e. The summed E-state index contributed by atoms with van der Waals surface area (Å²) in [5, 5.41) is 0. The van der Waals surface area contributed by atoms with Crippen LogP contribution in [0.2, 0.25) is 0 Å². The lowest BCUT2D eigenvalue weighted by molar-refractivity contribution is 0.290. The van der Waals surface area contributed by atoms with Crippen LogP contribution >= 0.6 is 0 Å². The van der Waals surface area contributed by atoms with Gasteiger partial charge >= 0.3 is 0 Å². The van der Waals surface area contributed by atoms with Crippen molar-refractivity contribution in [3.63, 3.8) is 0 Å². The molecule has 1 aliphatic heterocycles. The van der Waals surface area contributed by atoms with E-state index in [4.69, 9.17) is 0 Å². The summed E-state index contributed by atoms with van der Waals surface area (Å²) in [6, 6.07) is 11.0. The maximum Gasteiger partial charge on any atom is 0.244 e. The molecule has 0 saturated heterocycles. The van der Waals surface area contributed by atoms with Crippen LogP contribution in [0.4, 0.5) is 0 Å². The van der Waals surface area contributed by atoms with E-state index in [0.717, 1.165) is 12.6 Å². The van der Waals surface area contributed by atoms with Crippen molar-refractivity contribution < 1.29 is 0 Å². The number of hydrogen-bond acceptors (Lipinski definition) is 2. The molecule has 0 fully saturated rings. The summed E-state index contributed by atoms with van der Waals surface area (Å²) in [6.45, 7) is 4.57. The van der Waals surface area contributed by atoms with E-state index in [2.05, 4.69) is 54.2 Å². The fraction of sp³-hybridized carbons (Fsp3) is 0.625. The molecule has 2 heteroatoms. The van der Waals surface area contributed by atoms with Crippen LogP contribution < -0.4 is 0 Å². The van der Waals surface area contributed by atoms with Crippen molar-refractivity contribution in [2.45, 2.75) is 84.5 Å². The minimum absolute atomic E-state index is 0.496. The van der Waals surface area contributed by atoms with Gasteiger partial charge < -0.3 is 0 Å². The summed E-state index contributed by atoms with van der Waals surface area (Å²) >= 11 is 0. The predicted octanol–water partition coefficient (Wildman–Crippen LogP) is 7.05. The summed E-state index contributed by atoms with van der Waals surface area (Å²) < 4.78 is 0. The van der Waals surface area contributed by atoms with E-state index in [1.165, 1.54) is 69.8 Å². The lowest BCUT2D eigenvalue weighted by atomic mass is 9.79. The molecule has 2 atom stereocenters. The third-order valence-electron chi connectivity index (χ3n) is 5.50. The zero-order valence-corrected chi connectivity index (χ0v) is 16.9. The normalized spacial score (nSPS) is 15.5. The second kappa shape index (κ2) is 12.7. The maximum absolute atomic E-state index is 4.56. The van der Waals surface area contributed by atoms with Gasteiger partial charge in [-0.25, -0.2) is 0 Å². The molecule has 0 saturated carbocycles. The van der Waals surface area contributed by atoms with Crippen LogP contribution in [-0.2, 0) is 6.42 Å². The molecule has 0 radical (unpaired) electrons. The van der Waals surface area contributed by atoms with Gasteiger partial charge in [0.25, 0.3) is 0 Å². The first-order valence-electron chi connectivity index (χ1n) is 10.8.